The number of halogens is 1. The molecule has 24 heavy (non-hydrogen) atoms. The van der Waals surface area contributed by atoms with Crippen LogP contribution in [0, 0.1) is 0 Å². The van der Waals surface area contributed by atoms with Crippen LogP contribution in [-0.2, 0) is 11.3 Å². The molecule has 128 valence electrons. The summed E-state index contributed by atoms with van der Waals surface area (Å²) in [6, 6.07) is 7.77. The molecule has 1 aromatic carbocycles. The van der Waals surface area contributed by atoms with Crippen molar-refractivity contribution in [2.75, 3.05) is 20.3 Å². The molecule has 0 bridgehead atoms. The van der Waals surface area contributed by atoms with E-state index >= 15 is 0 Å². The third kappa shape index (κ3) is 3.64. The van der Waals surface area contributed by atoms with E-state index in [1.165, 1.54) is 12.7 Å². The molecular weight excluding hydrogens is 309 g/mol. The van der Waals surface area contributed by atoms with Gasteiger partial charge in [0, 0.05) is 12.2 Å². The highest BCUT2D eigenvalue weighted by molar-refractivity contribution is 5.89. The van der Waals surface area contributed by atoms with E-state index in [0.717, 1.165) is 24.9 Å². The van der Waals surface area contributed by atoms with E-state index < -0.39 is 6.67 Å². The van der Waals surface area contributed by atoms with Crippen LogP contribution >= 0.6 is 0 Å². The molecule has 1 aromatic heterocycles. The Balaban J connectivity index is 1.69. The van der Waals surface area contributed by atoms with Crippen LogP contribution in [0.5, 0.6) is 0 Å². The topological polar surface area (TPSA) is 56.1 Å². The molecule has 2 heterocycles. The standard InChI is InChI=1S/C18H22FN3O2/c1-24-18(23)14-4-2-13(3-5-14)17-10-15(6-8-20-17)16-11-21-22(12-16)9-7-19/h2-5,11-12,15,17,20H,6-10H2,1H3. The number of carbonyl (C=O) groups is 1. The number of rotatable bonds is 5. The molecule has 5 nitrogen and oxygen atoms in total. The molecule has 0 aliphatic carbocycles. The Labute approximate surface area is 140 Å². The number of piperidine rings is 1. The number of nitrogens with one attached hydrogen (secondary N) is 1. The first-order chi connectivity index (χ1) is 11.7. The number of benzene rings is 1. The van der Waals surface area contributed by atoms with Crippen molar-refractivity contribution in [2.24, 2.45) is 0 Å². The Morgan fingerprint density at radius 2 is 2.17 bits per heavy atom. The molecule has 0 spiro atoms. The largest absolute Gasteiger partial charge is 0.465 e. The molecule has 2 unspecified atom stereocenters. The predicted octanol–water partition coefficient (Wildman–Crippen LogP) is 2.85. The maximum absolute atomic E-state index is 12.4. The van der Waals surface area contributed by atoms with Crippen molar-refractivity contribution in [3.05, 3.63) is 53.3 Å². The third-order valence-corrected chi connectivity index (χ3v) is 4.58. The zero-order valence-corrected chi connectivity index (χ0v) is 13.7. The van der Waals surface area contributed by atoms with Gasteiger partial charge in [0.2, 0.25) is 0 Å². The highest BCUT2D eigenvalue weighted by atomic mass is 19.1. The number of aryl methyl sites for hydroxylation is 1. The van der Waals surface area contributed by atoms with E-state index in [4.69, 9.17) is 4.74 Å². The molecule has 0 amide bonds. The van der Waals surface area contributed by atoms with Gasteiger partial charge in [-0.05, 0) is 48.6 Å². The summed E-state index contributed by atoms with van der Waals surface area (Å²) in [6.07, 6.45) is 5.80. The van der Waals surface area contributed by atoms with Crippen LogP contribution in [0.1, 0.15) is 46.3 Å². The number of hydrogen-bond acceptors (Lipinski definition) is 4. The Morgan fingerprint density at radius 3 is 2.88 bits per heavy atom. The van der Waals surface area contributed by atoms with Crippen LogP contribution < -0.4 is 5.32 Å². The lowest BCUT2D eigenvalue weighted by Gasteiger charge is -2.30. The van der Waals surface area contributed by atoms with Gasteiger partial charge in [0.15, 0.2) is 0 Å². The minimum absolute atomic E-state index is 0.236. The first kappa shape index (κ1) is 16.6. The molecule has 2 atom stereocenters. The molecule has 0 radical (unpaired) electrons. The fourth-order valence-corrected chi connectivity index (χ4v) is 3.24. The fourth-order valence-electron chi connectivity index (χ4n) is 3.24. The predicted molar refractivity (Wildman–Crippen MR) is 88.7 cm³/mol. The average molecular weight is 331 g/mol. The maximum atomic E-state index is 12.4. The van der Waals surface area contributed by atoms with Crippen LogP contribution in [0.3, 0.4) is 0 Å². The van der Waals surface area contributed by atoms with Gasteiger partial charge in [-0.15, -0.1) is 0 Å². The summed E-state index contributed by atoms with van der Waals surface area (Å²) >= 11 is 0. The highest BCUT2D eigenvalue weighted by Crippen LogP contribution is 2.34. The molecule has 2 aromatic rings. The fraction of sp³-hybridized carbons (Fsp3) is 0.444. The Bertz CT molecular complexity index is 684. The molecule has 6 heteroatoms. The highest BCUT2D eigenvalue weighted by Gasteiger charge is 2.25. The van der Waals surface area contributed by atoms with Crippen molar-refractivity contribution in [2.45, 2.75) is 31.3 Å². The SMILES string of the molecule is COC(=O)c1ccc(C2CC(c3cnn(CCF)c3)CCN2)cc1. The van der Waals surface area contributed by atoms with Gasteiger partial charge in [0.05, 0.1) is 25.4 Å². The van der Waals surface area contributed by atoms with Crippen molar-refractivity contribution in [1.82, 2.24) is 15.1 Å². The van der Waals surface area contributed by atoms with E-state index in [9.17, 15) is 9.18 Å². The van der Waals surface area contributed by atoms with E-state index in [1.54, 1.807) is 16.8 Å². The van der Waals surface area contributed by atoms with Gasteiger partial charge in [-0.1, -0.05) is 12.1 Å². The minimum atomic E-state index is -0.400. The summed E-state index contributed by atoms with van der Waals surface area (Å²) in [7, 11) is 1.38. The zero-order valence-electron chi connectivity index (χ0n) is 13.7. The average Bonchev–Trinajstić information content (AvgIpc) is 3.10. The molecule has 0 saturated carbocycles. The summed E-state index contributed by atoms with van der Waals surface area (Å²) in [6.45, 7) is 0.828. The van der Waals surface area contributed by atoms with Crippen molar-refractivity contribution in [3.63, 3.8) is 0 Å². The van der Waals surface area contributed by atoms with Gasteiger partial charge in [-0.25, -0.2) is 9.18 Å². The summed E-state index contributed by atoms with van der Waals surface area (Å²) in [4.78, 5) is 11.5. The van der Waals surface area contributed by atoms with Crippen molar-refractivity contribution >= 4 is 5.97 Å². The van der Waals surface area contributed by atoms with E-state index in [0.29, 0.717) is 18.0 Å². The Morgan fingerprint density at radius 1 is 1.38 bits per heavy atom. The lowest BCUT2D eigenvalue weighted by Crippen LogP contribution is -2.30. The second-order valence-corrected chi connectivity index (χ2v) is 6.07. The number of hydrogen-bond donors (Lipinski definition) is 1. The molecule has 1 aliphatic heterocycles. The van der Waals surface area contributed by atoms with Gasteiger partial charge < -0.3 is 10.1 Å². The van der Waals surface area contributed by atoms with Crippen LogP contribution in [0.2, 0.25) is 0 Å². The van der Waals surface area contributed by atoms with Crippen molar-refractivity contribution < 1.29 is 13.9 Å². The summed E-state index contributed by atoms with van der Waals surface area (Å²) in [5.74, 6) is 0.0844. The summed E-state index contributed by atoms with van der Waals surface area (Å²) in [5.41, 5.74) is 2.88. The molecule has 3 rings (SSSR count). The second kappa shape index (κ2) is 7.57. The third-order valence-electron chi connectivity index (χ3n) is 4.58. The number of nitrogens with zero attached hydrogens (tertiary/aromatic N) is 2. The Kier molecular flexibility index (Phi) is 5.25. The van der Waals surface area contributed by atoms with Gasteiger partial charge in [0.1, 0.15) is 6.67 Å². The maximum Gasteiger partial charge on any atom is 0.337 e. The van der Waals surface area contributed by atoms with Crippen LogP contribution in [0.25, 0.3) is 0 Å². The van der Waals surface area contributed by atoms with Gasteiger partial charge in [0.25, 0.3) is 0 Å². The van der Waals surface area contributed by atoms with Gasteiger partial charge in [-0.3, -0.25) is 4.68 Å². The molecule has 1 N–H and O–H groups in total. The van der Waals surface area contributed by atoms with Gasteiger partial charge in [-0.2, -0.15) is 5.10 Å². The second-order valence-electron chi connectivity index (χ2n) is 6.07. The summed E-state index contributed by atoms with van der Waals surface area (Å²) in [5, 5.41) is 7.75. The number of alkyl halides is 1. The number of ether oxygens (including phenoxy) is 1. The normalized spacial score (nSPS) is 20.8. The lowest BCUT2D eigenvalue weighted by atomic mass is 9.85. The first-order valence-corrected chi connectivity index (χ1v) is 8.21. The zero-order chi connectivity index (χ0) is 16.9. The molecule has 1 fully saturated rings. The lowest BCUT2D eigenvalue weighted by molar-refractivity contribution is 0.0600. The monoisotopic (exact) mass is 331 g/mol. The molecule has 1 saturated heterocycles. The van der Waals surface area contributed by atoms with E-state index in [-0.39, 0.29) is 12.0 Å². The number of methoxy groups -OCH3 is 1. The summed E-state index contributed by atoms with van der Waals surface area (Å²) < 4.78 is 18.8. The number of aromatic nitrogens is 2. The van der Waals surface area contributed by atoms with E-state index in [1.807, 2.05) is 24.5 Å². The van der Waals surface area contributed by atoms with Gasteiger partial charge >= 0.3 is 5.97 Å². The number of esters is 1. The number of carbonyl (C=O) groups excluding carboxylic acids is 1. The van der Waals surface area contributed by atoms with E-state index in [2.05, 4.69) is 10.4 Å². The van der Waals surface area contributed by atoms with Crippen LogP contribution in [0.4, 0.5) is 4.39 Å². The van der Waals surface area contributed by atoms with Crippen LogP contribution in [-0.4, -0.2) is 36.1 Å². The quantitative estimate of drug-likeness (QED) is 0.856. The Hall–Kier alpha value is -2.21. The molecular formula is C18H22FN3O2. The van der Waals surface area contributed by atoms with Crippen molar-refractivity contribution in [1.29, 1.82) is 0 Å². The smallest absolute Gasteiger partial charge is 0.337 e. The van der Waals surface area contributed by atoms with Crippen molar-refractivity contribution in [3.8, 4) is 0 Å². The molecule has 1 aliphatic rings. The first-order valence-electron chi connectivity index (χ1n) is 8.21. The van der Waals surface area contributed by atoms with Crippen LogP contribution in [0.15, 0.2) is 36.7 Å². The minimum Gasteiger partial charge on any atom is -0.465 e.